The SMILES string of the molecule is Cn1nc(CC(=O)N2CC(C(=O)N3CCOCC3)Oc3ccccc32)c2ccccc2c1=O. The van der Waals surface area contributed by atoms with Crippen molar-refractivity contribution in [3.63, 3.8) is 0 Å². The number of hydrogen-bond acceptors (Lipinski definition) is 6. The van der Waals surface area contributed by atoms with Crippen LogP contribution in [0, 0.1) is 0 Å². The lowest BCUT2D eigenvalue weighted by Crippen LogP contribution is -2.54. The van der Waals surface area contributed by atoms with Gasteiger partial charge in [0.2, 0.25) is 5.91 Å². The summed E-state index contributed by atoms with van der Waals surface area (Å²) in [4.78, 5) is 42.4. The zero-order valence-electron chi connectivity index (χ0n) is 18.3. The highest BCUT2D eigenvalue weighted by atomic mass is 16.5. The lowest BCUT2D eigenvalue weighted by Gasteiger charge is -2.37. The maximum absolute atomic E-state index is 13.5. The molecule has 2 aromatic carbocycles. The molecule has 3 heterocycles. The summed E-state index contributed by atoms with van der Waals surface area (Å²) in [5.74, 6) is 0.111. The molecule has 3 aromatic rings. The van der Waals surface area contributed by atoms with Crippen LogP contribution in [0.3, 0.4) is 0 Å². The number of aryl methyl sites for hydroxylation is 1. The average Bonchev–Trinajstić information content (AvgIpc) is 2.86. The molecule has 1 unspecified atom stereocenters. The Labute approximate surface area is 190 Å². The van der Waals surface area contributed by atoms with E-state index in [9.17, 15) is 14.4 Å². The van der Waals surface area contributed by atoms with Gasteiger partial charge in [-0.2, -0.15) is 5.10 Å². The Hall–Kier alpha value is -3.72. The van der Waals surface area contributed by atoms with E-state index in [4.69, 9.17) is 9.47 Å². The topological polar surface area (TPSA) is 94.0 Å². The van der Waals surface area contributed by atoms with Crippen LogP contribution in [0.4, 0.5) is 5.69 Å². The van der Waals surface area contributed by atoms with E-state index in [0.717, 1.165) is 0 Å². The van der Waals surface area contributed by atoms with Gasteiger partial charge in [-0.15, -0.1) is 0 Å². The maximum Gasteiger partial charge on any atom is 0.274 e. The predicted molar refractivity (Wildman–Crippen MR) is 121 cm³/mol. The van der Waals surface area contributed by atoms with Crippen molar-refractivity contribution in [1.82, 2.24) is 14.7 Å². The van der Waals surface area contributed by atoms with Crippen LogP contribution in [0.5, 0.6) is 5.75 Å². The molecular weight excluding hydrogens is 424 g/mol. The van der Waals surface area contributed by atoms with Gasteiger partial charge in [-0.05, 0) is 18.2 Å². The van der Waals surface area contributed by atoms with Gasteiger partial charge in [0.15, 0.2) is 6.10 Å². The summed E-state index contributed by atoms with van der Waals surface area (Å²) in [6, 6.07) is 14.3. The first-order valence-corrected chi connectivity index (χ1v) is 10.9. The van der Waals surface area contributed by atoms with E-state index < -0.39 is 6.10 Å². The van der Waals surface area contributed by atoms with E-state index in [1.165, 1.54) is 4.68 Å². The Morgan fingerprint density at radius 2 is 1.73 bits per heavy atom. The first kappa shape index (κ1) is 21.1. The van der Waals surface area contributed by atoms with Gasteiger partial charge < -0.3 is 19.3 Å². The monoisotopic (exact) mass is 448 g/mol. The van der Waals surface area contributed by atoms with Crippen LogP contribution in [0.1, 0.15) is 5.69 Å². The molecule has 2 aliphatic rings. The standard InChI is InChI=1S/C24H24N4O5/c1-26-23(30)17-7-3-2-6-16(17)18(25-26)14-22(29)28-15-21(24(31)27-10-12-32-13-11-27)33-20-9-5-4-8-19(20)28/h2-9,21H,10-15H2,1H3. The van der Waals surface area contributed by atoms with E-state index in [1.807, 2.05) is 18.2 Å². The van der Waals surface area contributed by atoms with Crippen LogP contribution in [0.15, 0.2) is 53.3 Å². The summed E-state index contributed by atoms with van der Waals surface area (Å²) in [7, 11) is 1.57. The van der Waals surface area contributed by atoms with Gasteiger partial charge in [0.1, 0.15) is 5.75 Å². The van der Waals surface area contributed by atoms with Gasteiger partial charge in [-0.3, -0.25) is 14.4 Å². The van der Waals surface area contributed by atoms with Crippen LogP contribution in [0.25, 0.3) is 10.8 Å². The second-order valence-corrected chi connectivity index (χ2v) is 8.11. The molecule has 2 amide bonds. The van der Waals surface area contributed by atoms with E-state index in [2.05, 4.69) is 5.10 Å². The van der Waals surface area contributed by atoms with Crippen LogP contribution < -0.4 is 15.2 Å². The van der Waals surface area contributed by atoms with Gasteiger partial charge in [0.05, 0.1) is 42.9 Å². The van der Waals surface area contributed by atoms with Crippen LogP contribution >= 0.6 is 0 Å². The van der Waals surface area contributed by atoms with Crippen molar-refractivity contribution in [3.8, 4) is 5.75 Å². The average molecular weight is 448 g/mol. The number of ether oxygens (including phenoxy) is 2. The Bertz CT molecular complexity index is 1280. The number of para-hydroxylation sites is 2. The summed E-state index contributed by atoms with van der Waals surface area (Å²) < 4.78 is 12.6. The van der Waals surface area contributed by atoms with Crippen molar-refractivity contribution in [2.24, 2.45) is 7.05 Å². The zero-order valence-corrected chi connectivity index (χ0v) is 18.3. The Morgan fingerprint density at radius 3 is 2.52 bits per heavy atom. The number of benzene rings is 2. The molecule has 9 nitrogen and oxygen atoms in total. The number of nitrogens with zero attached hydrogens (tertiary/aromatic N) is 4. The minimum Gasteiger partial charge on any atom is -0.476 e. The van der Waals surface area contributed by atoms with Gasteiger partial charge in [-0.1, -0.05) is 30.3 Å². The highest BCUT2D eigenvalue weighted by Crippen LogP contribution is 2.34. The number of anilines is 1. The largest absolute Gasteiger partial charge is 0.476 e. The van der Waals surface area contributed by atoms with Crippen molar-refractivity contribution in [2.45, 2.75) is 12.5 Å². The molecule has 5 rings (SSSR count). The second kappa shape index (κ2) is 8.67. The molecular formula is C24H24N4O5. The van der Waals surface area contributed by atoms with Crippen LogP contribution in [0.2, 0.25) is 0 Å². The minimum absolute atomic E-state index is 0.0125. The van der Waals surface area contributed by atoms with Crippen molar-refractivity contribution in [3.05, 3.63) is 64.6 Å². The Morgan fingerprint density at radius 1 is 1.03 bits per heavy atom. The number of carbonyl (C=O) groups is 2. The molecule has 0 saturated carbocycles. The van der Waals surface area contributed by atoms with Crippen molar-refractivity contribution in [2.75, 3.05) is 37.7 Å². The molecule has 0 bridgehead atoms. The molecule has 0 N–H and O–H groups in total. The molecule has 33 heavy (non-hydrogen) atoms. The lowest BCUT2D eigenvalue weighted by atomic mass is 10.1. The summed E-state index contributed by atoms with van der Waals surface area (Å²) in [5, 5.41) is 5.52. The second-order valence-electron chi connectivity index (χ2n) is 8.11. The van der Waals surface area contributed by atoms with E-state index in [-0.39, 0.29) is 30.3 Å². The van der Waals surface area contributed by atoms with E-state index >= 15 is 0 Å². The molecule has 170 valence electrons. The van der Waals surface area contributed by atoms with Crippen LogP contribution in [-0.4, -0.2) is 65.4 Å². The lowest BCUT2D eigenvalue weighted by molar-refractivity contribution is -0.142. The molecule has 1 fully saturated rings. The molecule has 0 spiro atoms. The number of hydrogen-bond donors (Lipinski definition) is 0. The normalized spacial score (nSPS) is 18.0. The summed E-state index contributed by atoms with van der Waals surface area (Å²) in [6.07, 6.45) is -0.812. The fourth-order valence-corrected chi connectivity index (χ4v) is 4.33. The maximum atomic E-state index is 13.5. The summed E-state index contributed by atoms with van der Waals surface area (Å²) in [5.41, 5.74) is 0.912. The Balaban J connectivity index is 1.46. The molecule has 0 radical (unpaired) electrons. The van der Waals surface area contributed by atoms with Gasteiger partial charge in [-0.25, -0.2) is 4.68 Å². The number of aromatic nitrogens is 2. The van der Waals surface area contributed by atoms with E-state index in [1.54, 1.807) is 47.2 Å². The quantitative estimate of drug-likeness (QED) is 0.596. The van der Waals surface area contributed by atoms with Crippen molar-refractivity contribution < 1.29 is 19.1 Å². The predicted octanol–water partition coefficient (Wildman–Crippen LogP) is 1.13. The molecule has 1 atom stereocenters. The van der Waals surface area contributed by atoms with Gasteiger partial charge in [0.25, 0.3) is 11.5 Å². The summed E-state index contributed by atoms with van der Waals surface area (Å²) in [6.45, 7) is 2.09. The molecule has 1 saturated heterocycles. The zero-order chi connectivity index (χ0) is 22.9. The number of carbonyl (C=O) groups excluding carboxylic acids is 2. The molecule has 1 aromatic heterocycles. The number of amides is 2. The molecule has 0 aliphatic carbocycles. The fraction of sp³-hybridized carbons (Fsp3) is 0.333. The highest BCUT2D eigenvalue weighted by Gasteiger charge is 2.36. The van der Waals surface area contributed by atoms with Crippen molar-refractivity contribution >= 4 is 28.3 Å². The first-order chi connectivity index (χ1) is 16.0. The van der Waals surface area contributed by atoms with Gasteiger partial charge >= 0.3 is 0 Å². The fourth-order valence-electron chi connectivity index (χ4n) is 4.33. The molecule has 2 aliphatic heterocycles. The van der Waals surface area contributed by atoms with Crippen molar-refractivity contribution in [1.29, 1.82) is 0 Å². The Kier molecular flexibility index (Phi) is 5.55. The third-order valence-electron chi connectivity index (χ3n) is 6.02. The highest BCUT2D eigenvalue weighted by molar-refractivity contribution is 6.00. The third-order valence-corrected chi connectivity index (χ3v) is 6.02. The molecule has 9 heteroatoms. The number of fused-ring (bicyclic) bond motifs is 2. The third kappa shape index (κ3) is 3.95. The van der Waals surface area contributed by atoms with Gasteiger partial charge in [0, 0.05) is 25.5 Å². The number of morpholine rings is 1. The number of rotatable bonds is 3. The van der Waals surface area contributed by atoms with Crippen LogP contribution in [-0.2, 0) is 27.8 Å². The minimum atomic E-state index is -0.799. The smallest absolute Gasteiger partial charge is 0.274 e. The first-order valence-electron chi connectivity index (χ1n) is 10.9. The summed E-state index contributed by atoms with van der Waals surface area (Å²) >= 11 is 0. The van der Waals surface area contributed by atoms with E-state index in [0.29, 0.717) is 54.2 Å².